The van der Waals surface area contributed by atoms with E-state index in [2.05, 4.69) is 5.32 Å². The number of para-hydroxylation sites is 1. The molecule has 0 unspecified atom stereocenters. The molecule has 36 heavy (non-hydrogen) atoms. The summed E-state index contributed by atoms with van der Waals surface area (Å²) in [6, 6.07) is 13.6. The predicted molar refractivity (Wildman–Crippen MR) is 142 cm³/mol. The standard InChI is InChI=1S/C26H29ClN4O4S/c1-29(2)36(34,35)31-18-19(20-11-6-8-14-24(20)31)17-23(26(33)30-15-9-3-4-10-16-30)28-25(32)21-12-5-7-13-22(21)27/h5-8,11-14,17-18H,3-4,9-10,15-16H2,1-2H3,(H,28,32). The number of halogens is 1. The second-order valence-corrected chi connectivity index (χ2v) is 11.3. The van der Waals surface area contributed by atoms with Crippen molar-refractivity contribution in [3.63, 3.8) is 0 Å². The number of carbonyl (C=O) groups excluding carboxylic acids is 2. The predicted octanol–water partition coefficient (Wildman–Crippen LogP) is 4.12. The monoisotopic (exact) mass is 528 g/mol. The van der Waals surface area contributed by atoms with Crippen molar-refractivity contribution in [2.24, 2.45) is 0 Å². The number of nitrogens with zero attached hydrogens (tertiary/aromatic N) is 3. The lowest BCUT2D eigenvalue weighted by Crippen LogP contribution is -2.39. The van der Waals surface area contributed by atoms with E-state index in [1.54, 1.807) is 59.5 Å². The summed E-state index contributed by atoms with van der Waals surface area (Å²) in [6.07, 6.45) is 6.88. The minimum Gasteiger partial charge on any atom is -0.337 e. The first-order chi connectivity index (χ1) is 17.2. The zero-order chi connectivity index (χ0) is 25.9. The van der Waals surface area contributed by atoms with Gasteiger partial charge in [-0.25, -0.2) is 3.97 Å². The molecule has 0 aliphatic carbocycles. The number of likely N-dealkylation sites (tertiary alicyclic amines) is 1. The molecule has 2 aromatic carbocycles. The van der Waals surface area contributed by atoms with Crippen molar-refractivity contribution in [3.05, 3.63) is 76.6 Å². The Morgan fingerprint density at radius 3 is 2.28 bits per heavy atom. The fraction of sp³-hybridized carbons (Fsp3) is 0.308. The first-order valence-electron chi connectivity index (χ1n) is 11.8. The van der Waals surface area contributed by atoms with Crippen molar-refractivity contribution in [2.45, 2.75) is 25.7 Å². The number of hydrogen-bond donors (Lipinski definition) is 1. The number of amides is 2. The van der Waals surface area contributed by atoms with Crippen molar-refractivity contribution in [1.82, 2.24) is 18.5 Å². The molecule has 1 aliphatic rings. The van der Waals surface area contributed by atoms with Gasteiger partial charge in [-0.05, 0) is 37.1 Å². The van der Waals surface area contributed by atoms with Crippen LogP contribution in [0.1, 0.15) is 41.6 Å². The third-order valence-corrected chi connectivity index (χ3v) is 8.26. The van der Waals surface area contributed by atoms with Gasteiger partial charge in [0.25, 0.3) is 11.8 Å². The topological polar surface area (TPSA) is 91.7 Å². The van der Waals surface area contributed by atoms with E-state index in [4.69, 9.17) is 11.6 Å². The molecule has 8 nitrogen and oxygen atoms in total. The molecule has 4 rings (SSSR count). The molecular formula is C26H29ClN4O4S. The molecule has 0 spiro atoms. The Morgan fingerprint density at radius 1 is 0.972 bits per heavy atom. The van der Waals surface area contributed by atoms with Gasteiger partial charge in [-0.3, -0.25) is 9.59 Å². The third-order valence-electron chi connectivity index (χ3n) is 6.21. The minimum absolute atomic E-state index is 0.0620. The van der Waals surface area contributed by atoms with Crippen LogP contribution in [0.15, 0.2) is 60.4 Å². The summed E-state index contributed by atoms with van der Waals surface area (Å²) in [5.74, 6) is -0.829. The van der Waals surface area contributed by atoms with Crippen LogP contribution in [0.4, 0.5) is 0 Å². The fourth-order valence-corrected chi connectivity index (χ4v) is 5.47. The Bertz CT molecular complexity index is 1420. The van der Waals surface area contributed by atoms with E-state index >= 15 is 0 Å². The highest BCUT2D eigenvalue weighted by Gasteiger charge is 2.25. The number of carbonyl (C=O) groups is 2. The highest BCUT2D eigenvalue weighted by atomic mass is 35.5. The third kappa shape index (κ3) is 5.33. The van der Waals surface area contributed by atoms with E-state index in [-0.39, 0.29) is 22.2 Å². The summed E-state index contributed by atoms with van der Waals surface area (Å²) >= 11 is 6.22. The van der Waals surface area contributed by atoms with E-state index in [0.29, 0.717) is 29.6 Å². The van der Waals surface area contributed by atoms with E-state index in [9.17, 15) is 18.0 Å². The molecule has 1 aromatic heterocycles. The quantitative estimate of drug-likeness (QED) is 0.487. The zero-order valence-corrected chi connectivity index (χ0v) is 21.8. The highest BCUT2D eigenvalue weighted by molar-refractivity contribution is 7.87. The van der Waals surface area contributed by atoms with Crippen molar-refractivity contribution in [1.29, 1.82) is 0 Å². The Morgan fingerprint density at radius 2 is 1.61 bits per heavy atom. The maximum absolute atomic E-state index is 13.6. The van der Waals surface area contributed by atoms with Gasteiger partial charge in [0.1, 0.15) is 5.70 Å². The van der Waals surface area contributed by atoms with Crippen LogP contribution in [0.25, 0.3) is 17.0 Å². The van der Waals surface area contributed by atoms with Gasteiger partial charge in [-0.2, -0.15) is 12.7 Å². The second kappa shape index (κ2) is 10.9. The fourth-order valence-electron chi connectivity index (χ4n) is 4.24. The van der Waals surface area contributed by atoms with Gasteiger partial charge in [-0.1, -0.05) is 54.8 Å². The number of hydrogen-bond acceptors (Lipinski definition) is 4. The molecule has 10 heteroatoms. The van der Waals surface area contributed by atoms with Crippen LogP contribution in [0.5, 0.6) is 0 Å². The molecule has 1 fully saturated rings. The van der Waals surface area contributed by atoms with E-state index in [1.165, 1.54) is 24.3 Å². The van der Waals surface area contributed by atoms with Crippen LogP contribution in [0.3, 0.4) is 0 Å². The first-order valence-corrected chi connectivity index (χ1v) is 13.6. The normalized spacial score (nSPS) is 15.2. The Balaban J connectivity index is 1.82. The van der Waals surface area contributed by atoms with Crippen LogP contribution in [-0.4, -0.2) is 60.6 Å². The van der Waals surface area contributed by atoms with Crippen LogP contribution >= 0.6 is 11.6 Å². The van der Waals surface area contributed by atoms with Crippen LogP contribution in [0.2, 0.25) is 5.02 Å². The SMILES string of the molecule is CN(C)S(=O)(=O)n1cc(C=C(NC(=O)c2ccccc2Cl)C(=O)N2CCCCCC2)c2ccccc21. The largest absolute Gasteiger partial charge is 0.337 e. The van der Waals surface area contributed by atoms with Gasteiger partial charge in [0.05, 0.1) is 16.1 Å². The summed E-state index contributed by atoms with van der Waals surface area (Å²) in [7, 11) is -0.903. The number of benzene rings is 2. The van der Waals surface area contributed by atoms with Crippen molar-refractivity contribution >= 4 is 50.6 Å². The molecule has 3 aromatic rings. The van der Waals surface area contributed by atoms with Gasteiger partial charge in [-0.15, -0.1) is 0 Å². The molecule has 2 amide bonds. The molecule has 190 valence electrons. The summed E-state index contributed by atoms with van der Waals surface area (Å²) < 4.78 is 28.2. The van der Waals surface area contributed by atoms with Crippen LogP contribution < -0.4 is 5.32 Å². The van der Waals surface area contributed by atoms with Crippen molar-refractivity contribution in [3.8, 4) is 0 Å². The van der Waals surface area contributed by atoms with Gasteiger partial charge >= 0.3 is 10.2 Å². The first kappa shape index (κ1) is 25.9. The van der Waals surface area contributed by atoms with Crippen LogP contribution in [0, 0.1) is 0 Å². The lowest BCUT2D eigenvalue weighted by atomic mass is 10.1. The van der Waals surface area contributed by atoms with E-state index < -0.39 is 16.1 Å². The molecule has 0 atom stereocenters. The summed E-state index contributed by atoms with van der Waals surface area (Å²) in [6.45, 7) is 1.18. The molecular weight excluding hydrogens is 500 g/mol. The maximum atomic E-state index is 13.6. The smallest absolute Gasteiger partial charge is 0.307 e. The zero-order valence-electron chi connectivity index (χ0n) is 20.3. The van der Waals surface area contributed by atoms with Gasteiger partial charge in [0.2, 0.25) is 0 Å². The molecule has 0 radical (unpaired) electrons. The number of rotatable bonds is 6. The Hall–Kier alpha value is -3.14. The Labute approximate surface area is 216 Å². The van der Waals surface area contributed by atoms with E-state index in [0.717, 1.165) is 30.0 Å². The van der Waals surface area contributed by atoms with Crippen molar-refractivity contribution < 1.29 is 18.0 Å². The summed E-state index contributed by atoms with van der Waals surface area (Å²) in [5.41, 5.74) is 1.27. The average Bonchev–Trinajstić information content (AvgIpc) is 3.02. The molecule has 2 heterocycles. The lowest BCUT2D eigenvalue weighted by molar-refractivity contribution is -0.127. The number of aromatic nitrogens is 1. The minimum atomic E-state index is -3.82. The Kier molecular flexibility index (Phi) is 7.82. The summed E-state index contributed by atoms with van der Waals surface area (Å²) in [4.78, 5) is 28.5. The molecule has 1 N–H and O–H groups in total. The van der Waals surface area contributed by atoms with Crippen molar-refractivity contribution in [2.75, 3.05) is 27.2 Å². The van der Waals surface area contributed by atoms with E-state index in [1.807, 2.05) is 0 Å². The van der Waals surface area contributed by atoms with Gasteiger partial charge in [0.15, 0.2) is 0 Å². The number of fused-ring (bicyclic) bond motifs is 1. The highest BCUT2D eigenvalue weighted by Crippen LogP contribution is 2.26. The summed E-state index contributed by atoms with van der Waals surface area (Å²) in [5, 5.41) is 3.66. The molecule has 0 saturated carbocycles. The molecule has 1 saturated heterocycles. The molecule has 0 bridgehead atoms. The van der Waals surface area contributed by atoms with Crippen LogP contribution in [-0.2, 0) is 15.0 Å². The van der Waals surface area contributed by atoms with Gasteiger partial charge in [0, 0.05) is 44.3 Å². The maximum Gasteiger partial charge on any atom is 0.307 e. The second-order valence-electron chi connectivity index (χ2n) is 8.89. The average molecular weight is 529 g/mol. The molecule has 1 aliphatic heterocycles. The number of nitrogens with one attached hydrogen (secondary N) is 1. The lowest BCUT2D eigenvalue weighted by Gasteiger charge is -2.22. The van der Waals surface area contributed by atoms with Gasteiger partial charge < -0.3 is 10.2 Å².